The summed E-state index contributed by atoms with van der Waals surface area (Å²) in [6.07, 6.45) is -11.7. The van der Waals surface area contributed by atoms with Gasteiger partial charge in [0.15, 0.2) is 12.4 Å². The molecule has 0 bridgehead atoms. The molecule has 10 heteroatoms. The predicted octanol–water partition coefficient (Wildman–Crippen LogP) is 5.39. The van der Waals surface area contributed by atoms with Crippen molar-refractivity contribution in [3.63, 3.8) is 0 Å². The zero-order valence-electron chi connectivity index (χ0n) is 15.6. The normalized spacial score (nSPS) is 14.0. The van der Waals surface area contributed by atoms with Gasteiger partial charge in [-0.25, -0.2) is 4.79 Å². The number of hydrogen-bond acceptors (Lipinski definition) is 3. The van der Waals surface area contributed by atoms with E-state index in [1.54, 1.807) is 12.2 Å². The van der Waals surface area contributed by atoms with Gasteiger partial charge < -0.3 is 10.1 Å². The molecule has 30 heavy (non-hydrogen) atoms. The largest absolute Gasteiger partial charge is 0.440 e. The first-order valence-corrected chi connectivity index (χ1v) is 8.61. The Kier molecular flexibility index (Phi) is 7.12. The van der Waals surface area contributed by atoms with E-state index in [4.69, 9.17) is 0 Å². The summed E-state index contributed by atoms with van der Waals surface area (Å²) in [4.78, 5) is 24.5. The molecule has 0 saturated carbocycles. The topological polar surface area (TPSA) is 55.4 Å². The third kappa shape index (κ3) is 6.50. The molecule has 2 unspecified atom stereocenters. The van der Waals surface area contributed by atoms with E-state index in [-0.39, 0.29) is 11.1 Å². The molecule has 2 aromatic rings. The minimum Gasteiger partial charge on any atom is -0.440 e. The van der Waals surface area contributed by atoms with Crippen molar-refractivity contribution in [2.75, 3.05) is 6.61 Å². The molecule has 0 aliphatic carbocycles. The molecule has 0 spiro atoms. The Bertz CT molecular complexity index is 863. The van der Waals surface area contributed by atoms with Crippen molar-refractivity contribution >= 4 is 11.9 Å². The van der Waals surface area contributed by atoms with Crippen LogP contribution in [0.3, 0.4) is 0 Å². The van der Waals surface area contributed by atoms with Crippen molar-refractivity contribution in [3.05, 3.63) is 71.3 Å². The summed E-state index contributed by atoms with van der Waals surface area (Å²) < 4.78 is 82.5. The second-order valence-electron chi connectivity index (χ2n) is 6.47. The second-order valence-corrected chi connectivity index (χ2v) is 6.47. The van der Waals surface area contributed by atoms with Gasteiger partial charge in [-0.05, 0) is 12.5 Å². The average Bonchev–Trinajstić information content (AvgIpc) is 2.65. The predicted molar refractivity (Wildman–Crippen MR) is 94.8 cm³/mol. The number of ether oxygens (including phenoxy) is 1. The number of hydrogen-bond donors (Lipinski definition) is 1. The first-order valence-electron chi connectivity index (χ1n) is 8.61. The smallest absolute Gasteiger partial charge is 0.422 e. The Hall–Kier alpha value is -3.04. The quantitative estimate of drug-likeness (QED) is 0.491. The van der Waals surface area contributed by atoms with Crippen molar-refractivity contribution in [1.82, 2.24) is 5.32 Å². The number of nitrogens with one attached hydrogen (secondary N) is 1. The molecule has 2 rings (SSSR count). The molecule has 0 aliphatic heterocycles. The molecule has 0 aliphatic rings. The maximum atomic E-state index is 13.9. The van der Waals surface area contributed by atoms with E-state index in [0.717, 1.165) is 0 Å². The zero-order chi connectivity index (χ0) is 22.5. The Morgan fingerprint density at radius 1 is 0.933 bits per heavy atom. The van der Waals surface area contributed by atoms with Crippen molar-refractivity contribution < 1.29 is 40.7 Å². The van der Waals surface area contributed by atoms with Crippen molar-refractivity contribution in [2.24, 2.45) is 5.92 Å². The highest BCUT2D eigenvalue weighted by Crippen LogP contribution is 2.39. The summed E-state index contributed by atoms with van der Waals surface area (Å²) in [6.45, 7) is -0.317. The average molecular weight is 433 g/mol. The van der Waals surface area contributed by atoms with E-state index in [1.807, 2.05) is 0 Å². The molecule has 0 aromatic heterocycles. The molecule has 0 saturated heterocycles. The fourth-order valence-electron chi connectivity index (χ4n) is 2.72. The third-order valence-electron chi connectivity index (χ3n) is 4.10. The Morgan fingerprint density at radius 2 is 1.50 bits per heavy atom. The lowest BCUT2D eigenvalue weighted by molar-refractivity contribution is -0.170. The van der Waals surface area contributed by atoms with E-state index in [2.05, 4.69) is 4.74 Å². The second kappa shape index (κ2) is 9.19. The number of alkyl carbamates (subject to hydrolysis) is 1. The van der Waals surface area contributed by atoms with Crippen molar-refractivity contribution in [2.45, 2.75) is 25.3 Å². The van der Waals surface area contributed by atoms with E-state index >= 15 is 0 Å². The van der Waals surface area contributed by atoms with Gasteiger partial charge in [0.25, 0.3) is 0 Å². The monoisotopic (exact) mass is 433 g/mol. The van der Waals surface area contributed by atoms with Crippen LogP contribution in [0.1, 0.15) is 27.5 Å². The Balaban J connectivity index is 2.44. The van der Waals surface area contributed by atoms with Gasteiger partial charge >= 0.3 is 18.4 Å². The molecule has 4 nitrogen and oxygen atoms in total. The van der Waals surface area contributed by atoms with Gasteiger partial charge in [-0.15, -0.1) is 0 Å². The van der Waals surface area contributed by atoms with Crippen LogP contribution in [0.4, 0.5) is 31.1 Å². The molecule has 1 amide bonds. The first kappa shape index (κ1) is 23.2. The number of aryl methyl sites for hydroxylation is 1. The van der Waals surface area contributed by atoms with Crippen LogP contribution in [0.25, 0.3) is 0 Å². The molecule has 2 aromatic carbocycles. The van der Waals surface area contributed by atoms with Crippen LogP contribution in [0.5, 0.6) is 0 Å². The van der Waals surface area contributed by atoms with E-state index in [0.29, 0.717) is 5.56 Å². The van der Waals surface area contributed by atoms with E-state index < -0.39 is 42.8 Å². The molecule has 1 N–H and O–H groups in total. The van der Waals surface area contributed by atoms with Crippen LogP contribution < -0.4 is 5.32 Å². The van der Waals surface area contributed by atoms with Crippen LogP contribution in [-0.2, 0) is 4.74 Å². The van der Waals surface area contributed by atoms with Gasteiger partial charge in [0.2, 0.25) is 0 Å². The summed E-state index contributed by atoms with van der Waals surface area (Å²) in [6, 6.07) is 9.99. The van der Waals surface area contributed by atoms with Gasteiger partial charge in [-0.2, -0.15) is 26.3 Å². The Morgan fingerprint density at radius 3 is 2.00 bits per heavy atom. The maximum Gasteiger partial charge on any atom is 0.422 e. The van der Waals surface area contributed by atoms with Crippen molar-refractivity contribution in [3.8, 4) is 0 Å². The number of halogens is 6. The fraction of sp³-hybridized carbons (Fsp3) is 0.300. The lowest BCUT2D eigenvalue weighted by Crippen LogP contribution is -2.44. The molecule has 2 atom stereocenters. The summed E-state index contributed by atoms with van der Waals surface area (Å²) in [5.41, 5.74) is 0.314. The minimum atomic E-state index is -5.11. The van der Waals surface area contributed by atoms with Gasteiger partial charge in [-0.3, -0.25) is 4.79 Å². The van der Waals surface area contributed by atoms with Crippen LogP contribution >= 0.6 is 0 Å². The summed E-state index contributed by atoms with van der Waals surface area (Å²) in [7, 11) is 0. The lowest BCUT2D eigenvalue weighted by atomic mass is 9.85. The summed E-state index contributed by atoms with van der Waals surface area (Å²) in [5, 5.41) is 1.78. The third-order valence-corrected chi connectivity index (χ3v) is 4.10. The minimum absolute atomic E-state index is 0.115. The first-order chi connectivity index (χ1) is 13.9. The number of rotatable bonds is 6. The van der Waals surface area contributed by atoms with Crippen LogP contribution in [0, 0.1) is 12.8 Å². The zero-order valence-corrected chi connectivity index (χ0v) is 15.6. The Labute approximate surface area is 167 Å². The highest BCUT2D eigenvalue weighted by Gasteiger charge is 2.51. The highest BCUT2D eigenvalue weighted by molar-refractivity contribution is 5.99. The number of carbonyl (C=O) groups is 2. The molecule has 0 fully saturated rings. The maximum absolute atomic E-state index is 13.9. The summed E-state index contributed by atoms with van der Waals surface area (Å²) >= 11 is 0. The number of Topliss-reactive ketones (excluding diaryl/α,β-unsaturated/α-hetero) is 1. The van der Waals surface area contributed by atoms with E-state index in [9.17, 15) is 35.9 Å². The van der Waals surface area contributed by atoms with Gasteiger partial charge in [0.1, 0.15) is 5.92 Å². The fourth-order valence-corrected chi connectivity index (χ4v) is 2.72. The van der Waals surface area contributed by atoms with E-state index in [1.165, 1.54) is 54.6 Å². The molecular formula is C20H17F6NO3. The van der Waals surface area contributed by atoms with Gasteiger partial charge in [0.05, 0.1) is 6.04 Å². The number of alkyl halides is 6. The molecular weight excluding hydrogens is 416 g/mol. The SMILES string of the molecule is Cc1ccc(C(NC(=O)OCC(F)(F)F)C(C(=O)c2ccccc2)C(F)(F)F)cc1. The standard InChI is InChI=1S/C20H17F6NO3/c1-12-7-9-13(10-8-12)16(27-18(29)30-11-19(21,22)23)15(20(24,25)26)17(28)14-5-3-2-4-6-14/h2-10,15-16H,11H2,1H3,(H,27,29). The number of carbonyl (C=O) groups excluding carboxylic acids is 2. The van der Waals surface area contributed by atoms with Crippen LogP contribution in [0.15, 0.2) is 54.6 Å². The van der Waals surface area contributed by atoms with Crippen molar-refractivity contribution in [1.29, 1.82) is 0 Å². The van der Waals surface area contributed by atoms with Gasteiger partial charge in [-0.1, -0.05) is 60.2 Å². The number of ketones is 1. The highest BCUT2D eigenvalue weighted by atomic mass is 19.4. The van der Waals surface area contributed by atoms with Crippen LogP contribution in [-0.4, -0.2) is 30.8 Å². The molecule has 162 valence electrons. The molecule has 0 heterocycles. The lowest BCUT2D eigenvalue weighted by Gasteiger charge is -2.29. The van der Waals surface area contributed by atoms with Gasteiger partial charge in [0, 0.05) is 5.56 Å². The summed E-state index contributed by atoms with van der Waals surface area (Å²) in [5.74, 6) is -4.09. The molecule has 0 radical (unpaired) electrons. The number of amides is 1. The van der Waals surface area contributed by atoms with Crippen LogP contribution in [0.2, 0.25) is 0 Å². The number of benzene rings is 2.